The van der Waals surface area contributed by atoms with Crippen LogP contribution in [0.25, 0.3) is 0 Å². The molecule has 0 radical (unpaired) electrons. The lowest BCUT2D eigenvalue weighted by Gasteiger charge is -2.17. The van der Waals surface area contributed by atoms with Gasteiger partial charge < -0.3 is 21.3 Å². The highest BCUT2D eigenvalue weighted by molar-refractivity contribution is 5.93. The number of benzene rings is 1. The molecule has 1 aliphatic rings. The highest BCUT2D eigenvalue weighted by atomic mass is 19.4. The Morgan fingerprint density at radius 3 is 1.78 bits per heavy atom. The predicted octanol–water partition coefficient (Wildman–Crippen LogP) is 2.41. The van der Waals surface area contributed by atoms with Crippen molar-refractivity contribution in [1.82, 2.24) is 0 Å². The molecule has 0 aromatic heterocycles. The predicted molar refractivity (Wildman–Crippen MR) is 79.2 cm³/mol. The molecule has 1 aliphatic heterocycles. The fourth-order valence-corrected chi connectivity index (χ4v) is 1.63. The summed E-state index contributed by atoms with van der Waals surface area (Å²) in [5, 5.41) is 17.5. The third-order valence-corrected chi connectivity index (χ3v) is 2.81. The number of aliphatic carboxylic acids is 2. The van der Waals surface area contributed by atoms with Crippen LogP contribution in [-0.4, -0.2) is 47.0 Å². The number of carbonyl (C=O) groups excluding carboxylic acids is 1. The SMILES string of the molecule is NC(=O)c1ccc2c(c1)CCCN2.O=C(O)C(F)(F)F.O=C(O)C(F)(F)F. The van der Waals surface area contributed by atoms with E-state index in [9.17, 15) is 31.1 Å². The van der Waals surface area contributed by atoms with Crippen LogP contribution in [-0.2, 0) is 16.0 Å². The molecule has 0 atom stereocenters. The van der Waals surface area contributed by atoms with E-state index < -0.39 is 24.3 Å². The van der Waals surface area contributed by atoms with Crippen molar-refractivity contribution in [2.24, 2.45) is 5.73 Å². The molecule has 0 fully saturated rings. The largest absolute Gasteiger partial charge is 0.490 e. The third-order valence-electron chi connectivity index (χ3n) is 2.81. The van der Waals surface area contributed by atoms with Gasteiger partial charge in [0.25, 0.3) is 0 Å². The van der Waals surface area contributed by atoms with Gasteiger partial charge in [0.15, 0.2) is 0 Å². The maximum absolute atomic E-state index is 10.9. The minimum atomic E-state index is -5.08. The maximum Gasteiger partial charge on any atom is 0.490 e. The first kappa shape index (κ1) is 24.0. The van der Waals surface area contributed by atoms with Crippen LogP contribution in [0, 0.1) is 0 Å². The minimum absolute atomic E-state index is 0.353. The molecule has 5 N–H and O–H groups in total. The number of aryl methyl sites for hydroxylation is 1. The average molecular weight is 404 g/mol. The highest BCUT2D eigenvalue weighted by Gasteiger charge is 2.38. The molecule has 152 valence electrons. The summed E-state index contributed by atoms with van der Waals surface area (Å²) in [4.78, 5) is 28.7. The van der Waals surface area contributed by atoms with E-state index in [0.29, 0.717) is 5.56 Å². The quantitative estimate of drug-likeness (QED) is 0.532. The molecule has 13 heteroatoms. The zero-order valence-electron chi connectivity index (χ0n) is 13.3. The van der Waals surface area contributed by atoms with Gasteiger partial charge in [0.1, 0.15) is 0 Å². The standard InChI is InChI=1S/C10H12N2O.2C2HF3O2/c11-10(13)8-3-4-9-7(6-8)2-1-5-12-9;2*3-2(4,5)1(6)7/h3-4,6,12H,1-2,5H2,(H2,11,13);2*(H,6,7). The Balaban J connectivity index is 0.000000416. The van der Waals surface area contributed by atoms with E-state index >= 15 is 0 Å². The van der Waals surface area contributed by atoms with Gasteiger partial charge in [0.05, 0.1) is 0 Å². The van der Waals surface area contributed by atoms with Crippen molar-refractivity contribution in [2.45, 2.75) is 25.2 Å². The summed E-state index contributed by atoms with van der Waals surface area (Å²) < 4.78 is 63.5. The number of halogens is 6. The number of hydrogen-bond acceptors (Lipinski definition) is 4. The Kier molecular flexibility index (Phi) is 8.57. The molecule has 1 amide bonds. The number of carboxylic acids is 2. The van der Waals surface area contributed by atoms with Crippen LogP contribution < -0.4 is 11.1 Å². The summed E-state index contributed by atoms with van der Waals surface area (Å²) in [6.45, 7) is 1.02. The van der Waals surface area contributed by atoms with Gasteiger partial charge in [-0.2, -0.15) is 26.3 Å². The average Bonchev–Trinajstić information content (AvgIpc) is 2.53. The van der Waals surface area contributed by atoms with E-state index in [0.717, 1.165) is 25.1 Å². The van der Waals surface area contributed by atoms with Crippen molar-refractivity contribution in [3.05, 3.63) is 29.3 Å². The highest BCUT2D eigenvalue weighted by Crippen LogP contribution is 2.22. The van der Waals surface area contributed by atoms with Crippen LogP contribution in [0.5, 0.6) is 0 Å². The zero-order chi connectivity index (χ0) is 21.4. The van der Waals surface area contributed by atoms with Crippen molar-refractivity contribution >= 4 is 23.5 Å². The Bertz CT molecular complexity index is 664. The monoisotopic (exact) mass is 404 g/mol. The van der Waals surface area contributed by atoms with Crippen molar-refractivity contribution in [2.75, 3.05) is 11.9 Å². The number of amides is 1. The van der Waals surface area contributed by atoms with Gasteiger partial charge in [-0.25, -0.2) is 9.59 Å². The molecule has 27 heavy (non-hydrogen) atoms. The fraction of sp³-hybridized carbons (Fsp3) is 0.357. The number of carboxylic acid groups (broad SMARTS) is 2. The second-order valence-electron chi connectivity index (χ2n) is 4.87. The van der Waals surface area contributed by atoms with Gasteiger partial charge >= 0.3 is 24.3 Å². The smallest absolute Gasteiger partial charge is 0.475 e. The molecule has 1 heterocycles. The Morgan fingerprint density at radius 1 is 0.963 bits per heavy atom. The second kappa shape index (κ2) is 9.64. The third kappa shape index (κ3) is 9.32. The molecular weight excluding hydrogens is 390 g/mol. The number of rotatable bonds is 1. The molecule has 0 aliphatic carbocycles. The summed E-state index contributed by atoms with van der Waals surface area (Å²) >= 11 is 0. The van der Waals surface area contributed by atoms with Crippen molar-refractivity contribution < 1.29 is 50.9 Å². The molecule has 7 nitrogen and oxygen atoms in total. The fourth-order valence-electron chi connectivity index (χ4n) is 1.63. The van der Waals surface area contributed by atoms with Crippen LogP contribution in [0.1, 0.15) is 22.3 Å². The number of anilines is 1. The van der Waals surface area contributed by atoms with E-state index in [2.05, 4.69) is 5.32 Å². The lowest BCUT2D eigenvalue weighted by Crippen LogP contribution is -2.21. The molecular formula is C14H14F6N2O5. The Morgan fingerprint density at radius 2 is 1.41 bits per heavy atom. The summed E-state index contributed by atoms with van der Waals surface area (Å²) in [7, 11) is 0. The van der Waals surface area contributed by atoms with Crippen LogP contribution in [0.3, 0.4) is 0 Å². The van der Waals surface area contributed by atoms with Gasteiger partial charge in [-0.1, -0.05) is 0 Å². The maximum atomic E-state index is 10.9. The van der Waals surface area contributed by atoms with Gasteiger partial charge in [-0.05, 0) is 36.6 Å². The molecule has 0 saturated heterocycles. The lowest BCUT2D eigenvalue weighted by atomic mass is 10.0. The van der Waals surface area contributed by atoms with Crippen LogP contribution in [0.15, 0.2) is 18.2 Å². The van der Waals surface area contributed by atoms with E-state index in [1.54, 1.807) is 6.07 Å². The summed E-state index contributed by atoms with van der Waals surface area (Å²) in [5.41, 5.74) is 8.12. The van der Waals surface area contributed by atoms with Gasteiger partial charge in [0, 0.05) is 17.8 Å². The first-order chi connectivity index (χ1) is 12.2. The molecule has 1 aromatic rings. The van der Waals surface area contributed by atoms with Crippen LogP contribution in [0.2, 0.25) is 0 Å². The van der Waals surface area contributed by atoms with Crippen molar-refractivity contribution in [3.8, 4) is 0 Å². The summed E-state index contributed by atoms with van der Waals surface area (Å²) in [6.07, 6.45) is -8.02. The molecule has 2 rings (SSSR count). The number of primary amides is 1. The second-order valence-corrected chi connectivity index (χ2v) is 4.87. The number of alkyl halides is 6. The molecule has 0 bridgehead atoms. The Hall–Kier alpha value is -2.99. The first-order valence-corrected chi connectivity index (χ1v) is 6.93. The molecule has 0 unspecified atom stereocenters. The Labute approximate surface area is 147 Å². The van der Waals surface area contributed by atoms with E-state index in [1.807, 2.05) is 12.1 Å². The zero-order valence-corrected chi connectivity index (χ0v) is 13.3. The first-order valence-electron chi connectivity index (χ1n) is 6.93. The molecule has 0 saturated carbocycles. The van der Waals surface area contributed by atoms with Gasteiger partial charge in [0.2, 0.25) is 5.91 Å². The number of fused-ring (bicyclic) bond motifs is 1. The van der Waals surface area contributed by atoms with E-state index in [1.165, 1.54) is 5.56 Å². The molecule has 1 aromatic carbocycles. The van der Waals surface area contributed by atoms with E-state index in [-0.39, 0.29) is 5.91 Å². The summed E-state index contributed by atoms with van der Waals surface area (Å²) in [6, 6.07) is 5.57. The van der Waals surface area contributed by atoms with Crippen LogP contribution >= 0.6 is 0 Å². The lowest BCUT2D eigenvalue weighted by molar-refractivity contribution is -0.193. The van der Waals surface area contributed by atoms with Crippen molar-refractivity contribution in [1.29, 1.82) is 0 Å². The van der Waals surface area contributed by atoms with Crippen LogP contribution in [0.4, 0.5) is 32.0 Å². The normalized spacial score (nSPS) is 12.8. The number of nitrogens with two attached hydrogens (primary N) is 1. The minimum Gasteiger partial charge on any atom is -0.475 e. The molecule has 0 spiro atoms. The van der Waals surface area contributed by atoms with Gasteiger partial charge in [-0.15, -0.1) is 0 Å². The number of carbonyl (C=O) groups is 3. The number of hydrogen-bond donors (Lipinski definition) is 4. The van der Waals surface area contributed by atoms with Gasteiger partial charge in [-0.3, -0.25) is 4.79 Å². The summed E-state index contributed by atoms with van der Waals surface area (Å²) in [5.74, 6) is -5.87. The topological polar surface area (TPSA) is 130 Å². The number of nitrogens with one attached hydrogen (secondary N) is 1. The van der Waals surface area contributed by atoms with Crippen molar-refractivity contribution in [3.63, 3.8) is 0 Å². The van der Waals surface area contributed by atoms with E-state index in [4.69, 9.17) is 25.5 Å².